The van der Waals surface area contributed by atoms with E-state index in [1.54, 1.807) is 24.7 Å². The Morgan fingerprint density at radius 3 is 2.54 bits per heavy atom. The Bertz CT molecular complexity index is 1290. The Labute approximate surface area is 226 Å². The maximum atomic E-state index is 12.9. The minimum atomic E-state index is -1.10. The number of carboxylic acids is 1. The van der Waals surface area contributed by atoms with Crippen LogP contribution in [0.2, 0.25) is 0 Å². The highest BCUT2D eigenvalue weighted by Gasteiger charge is 2.23. The molecule has 12 heteroatoms. The summed E-state index contributed by atoms with van der Waals surface area (Å²) in [5, 5.41) is 15.2. The largest absolute Gasteiger partial charge is 0.481 e. The first kappa shape index (κ1) is 27.6. The number of aryl methyl sites for hydroxylation is 1. The number of anilines is 2. The number of carbonyl (C=O) groups excluding carboxylic acids is 1. The van der Waals surface area contributed by atoms with Crippen LogP contribution in [0.15, 0.2) is 59.8 Å². The molecule has 206 valence electrons. The molecule has 2 aromatic heterocycles. The number of amides is 1. The molecular formula is C27H33N7O5. The number of benzene rings is 1. The van der Waals surface area contributed by atoms with E-state index in [4.69, 9.17) is 4.74 Å². The molecule has 0 saturated carbocycles. The van der Waals surface area contributed by atoms with E-state index in [9.17, 15) is 19.5 Å². The van der Waals surface area contributed by atoms with Gasteiger partial charge in [0.2, 0.25) is 5.95 Å². The molecule has 1 saturated heterocycles. The lowest BCUT2D eigenvalue weighted by atomic mass is 9.96. The number of alkyl carbamates (subject to hydrolysis) is 1. The second-order valence-electron chi connectivity index (χ2n) is 9.57. The number of carboxylic acid groups (broad SMARTS) is 1. The predicted molar refractivity (Wildman–Crippen MR) is 144 cm³/mol. The van der Waals surface area contributed by atoms with Crippen molar-refractivity contribution in [3.63, 3.8) is 0 Å². The van der Waals surface area contributed by atoms with Crippen LogP contribution in [0.4, 0.5) is 16.6 Å². The van der Waals surface area contributed by atoms with Crippen LogP contribution >= 0.6 is 0 Å². The Morgan fingerprint density at radius 1 is 1.13 bits per heavy atom. The third kappa shape index (κ3) is 8.25. The monoisotopic (exact) mass is 535 g/mol. The molecule has 0 radical (unpaired) electrons. The fourth-order valence-corrected chi connectivity index (χ4v) is 4.56. The SMILES string of the molecule is Cc1cn(C[C@@H](CC(=O)O)NC(=O)OCc2ccccc2)c(=O)nc1N1CCC(CNc2ncccn2)CC1. The zero-order chi connectivity index (χ0) is 27.6. The smallest absolute Gasteiger partial charge is 0.407 e. The number of hydrogen-bond donors (Lipinski definition) is 3. The molecular weight excluding hydrogens is 502 g/mol. The van der Waals surface area contributed by atoms with Crippen molar-refractivity contribution < 1.29 is 19.4 Å². The van der Waals surface area contributed by atoms with Gasteiger partial charge in [0.25, 0.3) is 0 Å². The number of aliphatic carboxylic acids is 1. The molecule has 1 amide bonds. The molecule has 1 aliphatic rings. The number of nitrogens with zero attached hydrogens (tertiary/aromatic N) is 5. The van der Waals surface area contributed by atoms with E-state index in [0.717, 1.165) is 43.6 Å². The van der Waals surface area contributed by atoms with E-state index in [1.807, 2.05) is 37.3 Å². The van der Waals surface area contributed by atoms with Crippen molar-refractivity contribution in [2.24, 2.45) is 5.92 Å². The first-order valence-electron chi connectivity index (χ1n) is 12.9. The molecule has 0 spiro atoms. The van der Waals surface area contributed by atoms with Crippen LogP contribution in [0.3, 0.4) is 0 Å². The van der Waals surface area contributed by atoms with Gasteiger partial charge < -0.3 is 25.4 Å². The fourth-order valence-electron chi connectivity index (χ4n) is 4.56. The number of aromatic nitrogens is 4. The maximum Gasteiger partial charge on any atom is 0.407 e. The van der Waals surface area contributed by atoms with Crippen LogP contribution in [0.25, 0.3) is 0 Å². The van der Waals surface area contributed by atoms with Gasteiger partial charge in [0.1, 0.15) is 12.4 Å². The van der Waals surface area contributed by atoms with E-state index < -0.39 is 23.8 Å². The van der Waals surface area contributed by atoms with Gasteiger partial charge >= 0.3 is 17.8 Å². The van der Waals surface area contributed by atoms with Crippen molar-refractivity contribution in [2.75, 3.05) is 29.9 Å². The molecule has 0 unspecified atom stereocenters. The summed E-state index contributed by atoms with van der Waals surface area (Å²) in [7, 11) is 0. The molecule has 3 N–H and O–H groups in total. The van der Waals surface area contributed by atoms with Gasteiger partial charge in [-0.25, -0.2) is 19.6 Å². The van der Waals surface area contributed by atoms with Crippen LogP contribution < -0.4 is 21.2 Å². The van der Waals surface area contributed by atoms with Crippen LogP contribution in [-0.4, -0.2) is 62.4 Å². The Balaban J connectivity index is 1.33. The molecule has 1 aromatic carbocycles. The molecule has 3 aromatic rings. The molecule has 1 fully saturated rings. The Kier molecular flexibility index (Phi) is 9.44. The number of piperidine rings is 1. The molecule has 4 rings (SSSR count). The first-order chi connectivity index (χ1) is 18.9. The third-order valence-electron chi connectivity index (χ3n) is 6.55. The van der Waals surface area contributed by atoms with Gasteiger partial charge in [-0.1, -0.05) is 30.3 Å². The summed E-state index contributed by atoms with van der Waals surface area (Å²) in [5.74, 6) is 0.587. The average Bonchev–Trinajstić information content (AvgIpc) is 2.94. The van der Waals surface area contributed by atoms with Gasteiger partial charge in [-0.15, -0.1) is 0 Å². The topological polar surface area (TPSA) is 152 Å². The highest BCUT2D eigenvalue weighted by atomic mass is 16.5. The predicted octanol–water partition coefficient (Wildman–Crippen LogP) is 2.44. The third-order valence-corrected chi connectivity index (χ3v) is 6.55. The summed E-state index contributed by atoms with van der Waals surface area (Å²) in [6.45, 7) is 4.17. The van der Waals surface area contributed by atoms with Gasteiger partial charge in [0.15, 0.2) is 0 Å². The molecule has 3 heterocycles. The van der Waals surface area contributed by atoms with Crippen LogP contribution in [0.1, 0.15) is 30.4 Å². The highest BCUT2D eigenvalue weighted by molar-refractivity contribution is 5.71. The number of carbonyl (C=O) groups is 2. The average molecular weight is 536 g/mol. The summed E-state index contributed by atoms with van der Waals surface area (Å²) in [6.07, 6.45) is 5.80. The zero-order valence-electron chi connectivity index (χ0n) is 21.8. The van der Waals surface area contributed by atoms with Crippen molar-refractivity contribution in [1.29, 1.82) is 0 Å². The Hall–Kier alpha value is -4.48. The quantitative estimate of drug-likeness (QED) is 0.334. The first-order valence-corrected chi connectivity index (χ1v) is 12.9. The maximum absolute atomic E-state index is 12.9. The summed E-state index contributed by atoms with van der Waals surface area (Å²) in [6, 6.07) is 10.1. The normalized spacial score (nSPS) is 14.4. The summed E-state index contributed by atoms with van der Waals surface area (Å²) >= 11 is 0. The van der Waals surface area contributed by atoms with Crippen molar-refractivity contribution in [1.82, 2.24) is 24.8 Å². The molecule has 0 aliphatic carbocycles. The Morgan fingerprint density at radius 2 is 1.85 bits per heavy atom. The van der Waals surface area contributed by atoms with E-state index in [0.29, 0.717) is 17.7 Å². The van der Waals surface area contributed by atoms with Crippen LogP contribution in [0, 0.1) is 12.8 Å². The molecule has 12 nitrogen and oxygen atoms in total. The zero-order valence-corrected chi connectivity index (χ0v) is 21.8. The van der Waals surface area contributed by atoms with E-state index in [1.165, 1.54) is 4.57 Å². The van der Waals surface area contributed by atoms with E-state index in [2.05, 4.69) is 30.5 Å². The van der Waals surface area contributed by atoms with Gasteiger partial charge in [-0.05, 0) is 37.3 Å². The van der Waals surface area contributed by atoms with Crippen molar-refractivity contribution in [3.05, 3.63) is 76.6 Å². The lowest BCUT2D eigenvalue weighted by Crippen LogP contribution is -2.43. The fraction of sp³-hybridized carbons (Fsp3) is 0.407. The standard InChI is InChI=1S/C27H33N7O5/c1-19-16-34(17-22(14-23(35)36)31-27(38)39-18-21-6-3-2-4-7-21)26(37)32-24(19)33-12-8-20(9-13-33)15-30-25-28-10-5-11-29-25/h2-7,10-11,16,20,22H,8-9,12-15,17-18H2,1H3,(H,31,38)(H,35,36)(H,28,29,30)/t22-/m1/s1. The molecule has 39 heavy (non-hydrogen) atoms. The van der Waals surface area contributed by atoms with E-state index >= 15 is 0 Å². The van der Waals surface area contributed by atoms with Crippen LogP contribution in [0.5, 0.6) is 0 Å². The van der Waals surface area contributed by atoms with Crippen molar-refractivity contribution >= 4 is 23.8 Å². The van der Waals surface area contributed by atoms with Crippen molar-refractivity contribution in [2.45, 2.75) is 45.4 Å². The van der Waals surface area contributed by atoms with Crippen LogP contribution in [-0.2, 0) is 22.7 Å². The summed E-state index contributed by atoms with van der Waals surface area (Å²) in [4.78, 5) is 51.4. The minimum Gasteiger partial charge on any atom is -0.481 e. The van der Waals surface area contributed by atoms with Gasteiger partial charge in [-0.3, -0.25) is 9.36 Å². The number of nitrogens with one attached hydrogen (secondary N) is 2. The lowest BCUT2D eigenvalue weighted by Gasteiger charge is -2.33. The highest BCUT2D eigenvalue weighted by Crippen LogP contribution is 2.23. The summed E-state index contributed by atoms with van der Waals surface area (Å²) < 4.78 is 6.55. The summed E-state index contributed by atoms with van der Waals surface area (Å²) in [5.41, 5.74) is 1.10. The number of rotatable bonds is 11. The molecule has 0 bridgehead atoms. The minimum absolute atomic E-state index is 0.0466. The van der Waals surface area contributed by atoms with Gasteiger partial charge in [-0.2, -0.15) is 4.98 Å². The lowest BCUT2D eigenvalue weighted by molar-refractivity contribution is -0.137. The van der Waals surface area contributed by atoms with Crippen molar-refractivity contribution in [3.8, 4) is 0 Å². The van der Waals surface area contributed by atoms with Gasteiger partial charge in [0.05, 0.1) is 12.5 Å². The molecule has 1 atom stereocenters. The second-order valence-corrected chi connectivity index (χ2v) is 9.57. The van der Waals surface area contributed by atoms with E-state index in [-0.39, 0.29) is 19.6 Å². The number of ether oxygens (including phenoxy) is 1. The molecule has 1 aliphatic heterocycles. The van der Waals surface area contributed by atoms with Gasteiger partial charge in [0, 0.05) is 50.3 Å². The second kappa shape index (κ2) is 13.4. The number of hydrogen-bond acceptors (Lipinski definition) is 9.